The molecule has 2 amide bonds. The lowest BCUT2D eigenvalue weighted by Gasteiger charge is -2.33. The number of carbonyl (C=O) groups excluding carboxylic acids is 4. The highest BCUT2D eigenvalue weighted by molar-refractivity contribution is 7.98. The minimum absolute atomic E-state index is 0.0309. The number of amides is 2. The number of esters is 2. The molecule has 220 valence electrons. The zero-order valence-corrected chi connectivity index (χ0v) is 26.1. The summed E-state index contributed by atoms with van der Waals surface area (Å²) in [6, 6.07) is -1.64. The first-order valence-corrected chi connectivity index (χ1v) is 13.6. The summed E-state index contributed by atoms with van der Waals surface area (Å²) in [7, 11) is 0. The molecule has 1 rings (SSSR count). The lowest BCUT2D eigenvalue weighted by Crippen LogP contribution is -2.54. The van der Waals surface area contributed by atoms with Gasteiger partial charge in [0.25, 0.3) is 0 Å². The predicted molar refractivity (Wildman–Crippen MR) is 144 cm³/mol. The fourth-order valence-electron chi connectivity index (χ4n) is 2.84. The monoisotopic (exact) mass is 570 g/mol. The van der Waals surface area contributed by atoms with E-state index >= 15 is 0 Å². The highest BCUT2D eigenvalue weighted by Gasteiger charge is 2.43. The number of carbonyl (C=O) groups is 4. The van der Waals surface area contributed by atoms with Gasteiger partial charge in [-0.1, -0.05) is 11.8 Å². The summed E-state index contributed by atoms with van der Waals surface area (Å²) in [5, 5.41) is 8.09. The van der Waals surface area contributed by atoms with Gasteiger partial charge in [0.2, 0.25) is 5.16 Å². The molecule has 0 fully saturated rings. The van der Waals surface area contributed by atoms with Crippen LogP contribution in [0.5, 0.6) is 0 Å². The second-order valence-electron chi connectivity index (χ2n) is 12.7. The number of nitrogens with zero attached hydrogens (tertiary/aromatic N) is 4. The molecular weight excluding hydrogens is 528 g/mol. The van der Waals surface area contributed by atoms with Gasteiger partial charge in [0.1, 0.15) is 28.4 Å². The quantitative estimate of drug-likeness (QED) is 0.258. The van der Waals surface area contributed by atoms with Gasteiger partial charge in [0.15, 0.2) is 5.69 Å². The van der Waals surface area contributed by atoms with E-state index < -0.39 is 59.0 Å². The molecule has 0 aromatic carbocycles. The average Bonchev–Trinajstić information content (AvgIpc) is 2.67. The van der Waals surface area contributed by atoms with Crippen LogP contribution in [0.25, 0.3) is 0 Å². The van der Waals surface area contributed by atoms with Crippen LogP contribution in [0.2, 0.25) is 0 Å². The molecule has 0 aliphatic rings. The van der Waals surface area contributed by atoms with Gasteiger partial charge in [-0.15, -0.1) is 10.2 Å². The normalized spacial score (nSPS) is 13.3. The van der Waals surface area contributed by atoms with Crippen LogP contribution in [-0.4, -0.2) is 78.9 Å². The molecule has 0 radical (unpaired) electrons. The topological polar surface area (TPSA) is 147 Å². The van der Waals surface area contributed by atoms with Crippen LogP contribution in [-0.2, 0) is 30.2 Å². The Bertz CT molecular complexity index is 1040. The first-order chi connectivity index (χ1) is 17.4. The molecule has 0 saturated heterocycles. The molecule has 39 heavy (non-hydrogen) atoms. The van der Waals surface area contributed by atoms with Crippen molar-refractivity contribution in [1.29, 1.82) is 0 Å². The zero-order valence-electron chi connectivity index (χ0n) is 25.2. The van der Waals surface area contributed by atoms with Crippen molar-refractivity contribution in [3.8, 4) is 0 Å². The number of thioether (sulfide) groups is 1. The van der Waals surface area contributed by atoms with Gasteiger partial charge in [0, 0.05) is 6.42 Å². The van der Waals surface area contributed by atoms with Crippen molar-refractivity contribution < 1.29 is 38.1 Å². The van der Waals surface area contributed by atoms with E-state index in [0.29, 0.717) is 4.90 Å². The van der Waals surface area contributed by atoms with Crippen LogP contribution in [0.3, 0.4) is 0 Å². The molecular formula is C26H42N4O8S. The number of imide groups is 1. The Kier molecular flexibility index (Phi) is 10.9. The van der Waals surface area contributed by atoms with Crippen LogP contribution in [0, 0.1) is 0 Å². The van der Waals surface area contributed by atoms with Crippen molar-refractivity contribution in [3.63, 3.8) is 0 Å². The lowest BCUT2D eigenvalue weighted by atomic mass is 10.1. The molecule has 13 heteroatoms. The molecule has 1 atom stereocenters. The summed E-state index contributed by atoms with van der Waals surface area (Å²) in [6.07, 6.45) is -1.03. The van der Waals surface area contributed by atoms with Crippen LogP contribution in [0.4, 0.5) is 9.59 Å². The summed E-state index contributed by atoms with van der Waals surface area (Å²) in [6.45, 7) is 19.6. The fraction of sp³-hybridized carbons (Fsp3) is 0.731. The molecule has 0 unspecified atom stereocenters. The first kappa shape index (κ1) is 34.1. The molecule has 1 aromatic rings. The second-order valence-corrected chi connectivity index (χ2v) is 13.5. The minimum Gasteiger partial charge on any atom is -0.458 e. The minimum atomic E-state index is -1.64. The molecule has 0 aliphatic heterocycles. The summed E-state index contributed by atoms with van der Waals surface area (Å²) in [4.78, 5) is 58.2. The van der Waals surface area contributed by atoms with Crippen LogP contribution >= 0.6 is 11.8 Å². The lowest BCUT2D eigenvalue weighted by molar-refractivity contribution is -0.161. The maximum absolute atomic E-state index is 13.5. The number of hydrogen-bond donors (Lipinski definition) is 0. The smallest absolute Gasteiger partial charge is 0.420 e. The number of hydrogen-bond acceptors (Lipinski definition) is 12. The Labute approximate surface area is 234 Å². The summed E-state index contributed by atoms with van der Waals surface area (Å²) in [5.74, 6) is -1.78. The number of rotatable bonds is 6. The van der Waals surface area contributed by atoms with Crippen molar-refractivity contribution in [3.05, 3.63) is 11.4 Å². The number of aromatic nitrogens is 3. The van der Waals surface area contributed by atoms with E-state index in [-0.39, 0.29) is 16.5 Å². The van der Waals surface area contributed by atoms with Crippen molar-refractivity contribution in [2.75, 3.05) is 6.26 Å². The van der Waals surface area contributed by atoms with Crippen LogP contribution in [0.1, 0.15) is 99.3 Å². The van der Waals surface area contributed by atoms with Crippen LogP contribution < -0.4 is 0 Å². The van der Waals surface area contributed by atoms with Crippen molar-refractivity contribution >= 4 is 35.9 Å². The molecule has 1 aromatic heterocycles. The third-order valence-electron chi connectivity index (χ3n) is 4.07. The van der Waals surface area contributed by atoms with E-state index in [1.54, 1.807) is 89.3 Å². The summed E-state index contributed by atoms with van der Waals surface area (Å²) in [5.41, 5.74) is -4.18. The molecule has 0 spiro atoms. The SMILES string of the molecule is CSc1nnc(C(=O)OC(C)(C)C)c(C[C@@H](C(=O)OC(C)(C)C)N(C(=O)OC(C)(C)C)C(=O)OC(C)(C)C)n1. The van der Waals surface area contributed by atoms with Gasteiger partial charge in [-0.2, -0.15) is 4.90 Å². The third kappa shape index (κ3) is 12.2. The van der Waals surface area contributed by atoms with Gasteiger partial charge in [0.05, 0.1) is 5.69 Å². The van der Waals surface area contributed by atoms with E-state index in [4.69, 9.17) is 18.9 Å². The van der Waals surface area contributed by atoms with E-state index in [1.165, 1.54) is 0 Å². The Morgan fingerprint density at radius 3 is 1.54 bits per heavy atom. The molecule has 0 N–H and O–H groups in total. The standard InChI is InChI=1S/C26H42N4O8S/c1-23(2,3)35-18(31)16(30(21(33)37-25(7,8)9)22(34)38-26(10,11)12)14-15-17(19(32)36-24(4,5)6)28-29-20(27-15)39-13/h16H,14H2,1-13H3/t16-/m0/s1. The first-order valence-electron chi connectivity index (χ1n) is 12.4. The van der Waals surface area contributed by atoms with E-state index in [2.05, 4.69) is 15.2 Å². The zero-order chi connectivity index (χ0) is 30.6. The van der Waals surface area contributed by atoms with Gasteiger partial charge in [-0.05, 0) is 89.3 Å². The van der Waals surface area contributed by atoms with Gasteiger partial charge in [-0.3, -0.25) is 0 Å². The molecule has 1 heterocycles. The highest BCUT2D eigenvalue weighted by atomic mass is 32.2. The second kappa shape index (κ2) is 12.5. The van der Waals surface area contributed by atoms with Gasteiger partial charge < -0.3 is 18.9 Å². The Morgan fingerprint density at radius 1 is 0.718 bits per heavy atom. The Hall–Kier alpha value is -2.96. The summed E-state index contributed by atoms with van der Waals surface area (Å²) < 4.78 is 21.9. The fourth-order valence-corrected chi connectivity index (χ4v) is 3.16. The van der Waals surface area contributed by atoms with Gasteiger partial charge in [-0.25, -0.2) is 24.2 Å². The van der Waals surface area contributed by atoms with Crippen LogP contribution in [0.15, 0.2) is 5.16 Å². The molecule has 12 nitrogen and oxygen atoms in total. The average molecular weight is 571 g/mol. The third-order valence-corrected chi connectivity index (χ3v) is 4.61. The molecule has 0 aliphatic carbocycles. The van der Waals surface area contributed by atoms with Crippen molar-refractivity contribution in [2.24, 2.45) is 0 Å². The van der Waals surface area contributed by atoms with E-state index in [9.17, 15) is 19.2 Å². The largest absolute Gasteiger partial charge is 0.458 e. The van der Waals surface area contributed by atoms with Gasteiger partial charge >= 0.3 is 24.1 Å². The number of ether oxygens (including phenoxy) is 4. The van der Waals surface area contributed by atoms with E-state index in [1.807, 2.05) is 0 Å². The molecule has 0 bridgehead atoms. The van der Waals surface area contributed by atoms with E-state index in [0.717, 1.165) is 11.8 Å². The maximum atomic E-state index is 13.5. The molecule has 0 saturated carbocycles. The Balaban J connectivity index is 3.80. The predicted octanol–water partition coefficient (Wildman–Crippen LogP) is 4.97. The Morgan fingerprint density at radius 2 is 1.15 bits per heavy atom. The van der Waals surface area contributed by atoms with Crippen molar-refractivity contribution in [1.82, 2.24) is 20.1 Å². The highest BCUT2D eigenvalue weighted by Crippen LogP contribution is 2.23. The summed E-state index contributed by atoms with van der Waals surface area (Å²) >= 11 is 1.15. The van der Waals surface area contributed by atoms with Crippen molar-refractivity contribution in [2.45, 2.75) is 123 Å². The maximum Gasteiger partial charge on any atom is 0.420 e.